The van der Waals surface area contributed by atoms with Gasteiger partial charge in [-0.1, -0.05) is 37.1 Å². The van der Waals surface area contributed by atoms with Crippen molar-refractivity contribution in [2.75, 3.05) is 14.2 Å². The molecule has 1 fully saturated rings. The Hall–Kier alpha value is -3.00. The van der Waals surface area contributed by atoms with Crippen LogP contribution in [0, 0.1) is 5.82 Å². The molecule has 0 saturated heterocycles. The van der Waals surface area contributed by atoms with Crippen LogP contribution in [-0.4, -0.2) is 42.0 Å². The van der Waals surface area contributed by atoms with Gasteiger partial charge in [-0.3, -0.25) is 9.78 Å². The molecule has 1 aliphatic carbocycles. The molecule has 5 rings (SSSR count). The van der Waals surface area contributed by atoms with Gasteiger partial charge >= 0.3 is 0 Å². The summed E-state index contributed by atoms with van der Waals surface area (Å²) in [4.78, 5) is 21.0. The molecule has 0 atom stereocenters. The van der Waals surface area contributed by atoms with Gasteiger partial charge in [0.1, 0.15) is 16.4 Å². The lowest BCUT2D eigenvalue weighted by atomic mass is 9.89. The molecule has 4 aromatic rings. The zero-order valence-corrected chi connectivity index (χ0v) is 24.7. The van der Waals surface area contributed by atoms with E-state index in [1.165, 1.54) is 17.4 Å². The van der Waals surface area contributed by atoms with Gasteiger partial charge in [0.25, 0.3) is 5.91 Å². The molecule has 0 spiro atoms. The fourth-order valence-electron chi connectivity index (χ4n) is 5.70. The number of hydrogen-bond acceptors (Lipinski definition) is 5. The van der Waals surface area contributed by atoms with Crippen molar-refractivity contribution < 1.29 is 13.9 Å². The molecule has 0 unspecified atom stereocenters. The summed E-state index contributed by atoms with van der Waals surface area (Å²) in [7, 11) is 3.64. The maximum atomic E-state index is 14.7. The number of amides is 1. The summed E-state index contributed by atoms with van der Waals surface area (Å²) >= 11 is 7.93. The Labute approximate surface area is 244 Å². The van der Waals surface area contributed by atoms with Gasteiger partial charge in [0.15, 0.2) is 0 Å². The molecule has 1 amide bonds. The quantitative estimate of drug-likeness (QED) is 0.219. The van der Waals surface area contributed by atoms with E-state index < -0.39 is 5.82 Å². The van der Waals surface area contributed by atoms with E-state index in [0.717, 1.165) is 66.7 Å². The van der Waals surface area contributed by atoms with Crippen molar-refractivity contribution in [3.05, 3.63) is 81.7 Å². The summed E-state index contributed by atoms with van der Waals surface area (Å²) in [5, 5.41) is 3.88. The number of halogens is 2. The van der Waals surface area contributed by atoms with Crippen molar-refractivity contribution in [2.24, 2.45) is 0 Å². The van der Waals surface area contributed by atoms with E-state index in [1.54, 1.807) is 13.2 Å². The van der Waals surface area contributed by atoms with Crippen LogP contribution in [-0.2, 0) is 13.0 Å². The Morgan fingerprint density at radius 1 is 1.15 bits per heavy atom. The van der Waals surface area contributed by atoms with Crippen molar-refractivity contribution in [3.8, 4) is 16.9 Å². The summed E-state index contributed by atoms with van der Waals surface area (Å²) in [5.74, 6) is 0.148. The summed E-state index contributed by atoms with van der Waals surface area (Å²) in [5.41, 5.74) is 4.10. The fraction of sp³-hybridized carbons (Fsp3) is 0.375. The van der Waals surface area contributed by atoms with Crippen molar-refractivity contribution in [1.29, 1.82) is 0 Å². The number of carbonyl (C=O) groups is 1. The van der Waals surface area contributed by atoms with Crippen molar-refractivity contribution in [3.63, 3.8) is 0 Å². The van der Waals surface area contributed by atoms with Crippen LogP contribution in [0.1, 0.15) is 60.0 Å². The van der Waals surface area contributed by atoms with E-state index in [2.05, 4.69) is 29.4 Å². The molecule has 210 valence electrons. The molecule has 2 heterocycles. The average Bonchev–Trinajstić information content (AvgIpc) is 3.33. The van der Waals surface area contributed by atoms with Crippen molar-refractivity contribution in [2.45, 2.75) is 64.1 Å². The number of benzene rings is 2. The summed E-state index contributed by atoms with van der Waals surface area (Å²) in [6.07, 6.45) is 7.51. The molecule has 2 aromatic heterocycles. The summed E-state index contributed by atoms with van der Waals surface area (Å²) in [6, 6.07) is 15.6. The Bertz CT molecular complexity index is 1500. The number of aryl methyl sites for hydroxylation is 1. The van der Waals surface area contributed by atoms with Crippen LogP contribution < -0.4 is 10.1 Å². The smallest absolute Gasteiger partial charge is 0.266 e. The Morgan fingerprint density at radius 3 is 2.62 bits per heavy atom. The number of rotatable bonds is 9. The normalized spacial score (nSPS) is 17.2. The first kappa shape index (κ1) is 28.5. The molecule has 5 nitrogen and oxygen atoms in total. The average molecular weight is 580 g/mol. The number of thiophene rings is 1. The third kappa shape index (κ3) is 5.87. The molecule has 40 heavy (non-hydrogen) atoms. The highest BCUT2D eigenvalue weighted by Gasteiger charge is 2.32. The number of ether oxygens (including phenoxy) is 1. The minimum Gasteiger partial charge on any atom is -0.496 e. The molecule has 1 N–H and O–H groups in total. The largest absolute Gasteiger partial charge is 0.496 e. The monoisotopic (exact) mass is 579 g/mol. The molecule has 2 aromatic carbocycles. The first-order chi connectivity index (χ1) is 19.4. The van der Waals surface area contributed by atoms with Gasteiger partial charge in [-0.15, -0.1) is 11.3 Å². The van der Waals surface area contributed by atoms with E-state index in [-0.39, 0.29) is 17.0 Å². The predicted octanol–water partition coefficient (Wildman–Crippen LogP) is 7.89. The Morgan fingerprint density at radius 2 is 1.93 bits per heavy atom. The van der Waals surface area contributed by atoms with Crippen LogP contribution >= 0.6 is 22.9 Å². The van der Waals surface area contributed by atoms with Crippen molar-refractivity contribution >= 4 is 38.9 Å². The second-order valence-corrected chi connectivity index (χ2v) is 11.8. The lowest BCUT2D eigenvalue weighted by molar-refractivity contribution is 0.0604. The number of pyridine rings is 1. The van der Waals surface area contributed by atoms with Crippen LogP contribution in [0.5, 0.6) is 5.75 Å². The second kappa shape index (κ2) is 12.7. The van der Waals surface area contributed by atoms with Crippen LogP contribution in [0.3, 0.4) is 0 Å². The molecular formula is C32H35ClFN3O2S. The van der Waals surface area contributed by atoms with E-state index >= 15 is 0 Å². The molecule has 1 saturated carbocycles. The maximum absolute atomic E-state index is 14.7. The van der Waals surface area contributed by atoms with E-state index in [0.29, 0.717) is 27.5 Å². The van der Waals surface area contributed by atoms with Gasteiger partial charge in [0, 0.05) is 46.2 Å². The molecule has 0 bridgehead atoms. The zero-order chi connectivity index (χ0) is 28.2. The minimum atomic E-state index is -0.409. The minimum absolute atomic E-state index is 0.0358. The number of aromatic nitrogens is 1. The lowest BCUT2D eigenvalue weighted by Crippen LogP contribution is -2.44. The molecule has 0 radical (unpaired) electrons. The number of nitrogens with one attached hydrogen (secondary N) is 1. The van der Waals surface area contributed by atoms with Gasteiger partial charge in [-0.25, -0.2) is 4.39 Å². The second-order valence-electron chi connectivity index (χ2n) is 10.4. The fourth-order valence-corrected chi connectivity index (χ4v) is 7.21. The predicted molar refractivity (Wildman–Crippen MR) is 162 cm³/mol. The summed E-state index contributed by atoms with van der Waals surface area (Å²) < 4.78 is 21.1. The number of nitrogens with zero attached hydrogens (tertiary/aromatic N) is 2. The third-order valence-electron chi connectivity index (χ3n) is 7.88. The van der Waals surface area contributed by atoms with Gasteiger partial charge in [0.2, 0.25) is 0 Å². The number of carbonyl (C=O) groups excluding carboxylic acids is 1. The zero-order valence-electron chi connectivity index (χ0n) is 23.2. The van der Waals surface area contributed by atoms with Gasteiger partial charge in [0.05, 0.1) is 12.1 Å². The highest BCUT2D eigenvalue weighted by atomic mass is 35.5. The third-order valence-corrected chi connectivity index (χ3v) is 9.52. The van der Waals surface area contributed by atoms with Crippen molar-refractivity contribution in [1.82, 2.24) is 15.2 Å². The van der Waals surface area contributed by atoms with Gasteiger partial charge < -0.3 is 15.0 Å². The first-order valence-corrected chi connectivity index (χ1v) is 15.1. The highest BCUT2D eigenvalue weighted by molar-refractivity contribution is 7.21. The Kier molecular flexibility index (Phi) is 9.03. The molecule has 8 heteroatoms. The van der Waals surface area contributed by atoms with E-state index in [1.807, 2.05) is 42.4 Å². The van der Waals surface area contributed by atoms with E-state index in [4.69, 9.17) is 16.3 Å². The SMILES string of the molecule is CCCc1cc(-c2ccc(OC)c(CN(C(=O)c3sc4cccc(F)c4c3Cl)[C@H]3CC[C@H](NC)CC3)c2)ccn1. The van der Waals surface area contributed by atoms with Gasteiger partial charge in [-0.05, 0) is 86.7 Å². The topological polar surface area (TPSA) is 54.5 Å². The van der Waals surface area contributed by atoms with Crippen LogP contribution in [0.25, 0.3) is 21.2 Å². The lowest BCUT2D eigenvalue weighted by Gasteiger charge is -2.37. The number of methoxy groups -OCH3 is 1. The summed E-state index contributed by atoms with van der Waals surface area (Å²) in [6.45, 7) is 2.51. The maximum Gasteiger partial charge on any atom is 0.266 e. The van der Waals surface area contributed by atoms with Crippen LogP contribution in [0.15, 0.2) is 54.7 Å². The Balaban J connectivity index is 1.53. The molecule has 1 aliphatic rings. The molecule has 0 aliphatic heterocycles. The van der Waals surface area contributed by atoms with Crippen LogP contribution in [0.4, 0.5) is 4.39 Å². The van der Waals surface area contributed by atoms with E-state index in [9.17, 15) is 9.18 Å². The van der Waals surface area contributed by atoms with Gasteiger partial charge in [-0.2, -0.15) is 0 Å². The number of hydrogen-bond donors (Lipinski definition) is 1. The van der Waals surface area contributed by atoms with Crippen LogP contribution in [0.2, 0.25) is 5.02 Å². The standard InChI is InChI=1S/C32H35ClFN3O2S/c1-4-6-24-18-21(15-16-36-24)20-9-14-27(39-3)22(17-20)19-37(25-12-10-23(35-2)11-13-25)32(38)31-30(33)29-26(34)7-5-8-28(29)40-31/h5,7-9,14-18,23,25,35H,4,6,10-13,19H2,1-3H3/t23-,25-. The highest BCUT2D eigenvalue weighted by Crippen LogP contribution is 2.39. The molecular weight excluding hydrogens is 545 g/mol. The first-order valence-electron chi connectivity index (χ1n) is 13.9. The number of fused-ring (bicyclic) bond motifs is 1.